The molecule has 0 aliphatic carbocycles. The van der Waals surface area contributed by atoms with Crippen LogP contribution in [0.1, 0.15) is 42.4 Å². The van der Waals surface area contributed by atoms with E-state index >= 15 is 0 Å². The van der Waals surface area contributed by atoms with Gasteiger partial charge in [-0.3, -0.25) is 9.36 Å². The normalized spacial score (nSPS) is 14.7. The number of methoxy groups -OCH3 is 1. The smallest absolute Gasteiger partial charge is 0.338 e. The van der Waals surface area contributed by atoms with E-state index in [1.54, 1.807) is 25.5 Å². The molecule has 0 radical (unpaired) electrons. The highest BCUT2D eigenvalue weighted by molar-refractivity contribution is 9.10. The van der Waals surface area contributed by atoms with Crippen molar-refractivity contribution in [3.05, 3.63) is 137 Å². The van der Waals surface area contributed by atoms with Crippen molar-refractivity contribution in [3.63, 3.8) is 0 Å². The van der Waals surface area contributed by atoms with Gasteiger partial charge >= 0.3 is 5.97 Å². The first-order valence-corrected chi connectivity index (χ1v) is 16.2. The largest absolute Gasteiger partial charge is 0.496 e. The summed E-state index contributed by atoms with van der Waals surface area (Å²) in [5.41, 5.74) is 7.76. The van der Waals surface area contributed by atoms with E-state index in [4.69, 9.17) is 14.5 Å². The van der Waals surface area contributed by atoms with Crippen LogP contribution in [0.3, 0.4) is 0 Å². The second kappa shape index (κ2) is 12.5. The number of carbonyl (C=O) groups is 1. The van der Waals surface area contributed by atoms with Crippen molar-refractivity contribution in [2.75, 3.05) is 13.7 Å². The Labute approximate surface area is 273 Å². The minimum absolute atomic E-state index is 0.212. The average molecular weight is 683 g/mol. The van der Waals surface area contributed by atoms with E-state index in [0.29, 0.717) is 30.8 Å². The molecular formula is C36H32BrN3O4S. The van der Waals surface area contributed by atoms with E-state index in [1.165, 1.54) is 16.9 Å². The molecule has 0 spiro atoms. The predicted molar refractivity (Wildman–Crippen MR) is 182 cm³/mol. The first-order chi connectivity index (χ1) is 21.7. The molecule has 0 bridgehead atoms. The third kappa shape index (κ3) is 5.62. The van der Waals surface area contributed by atoms with Gasteiger partial charge in [0.05, 0.1) is 40.0 Å². The summed E-state index contributed by atoms with van der Waals surface area (Å²) in [5, 5.41) is 0. The van der Waals surface area contributed by atoms with E-state index in [9.17, 15) is 9.59 Å². The van der Waals surface area contributed by atoms with Crippen molar-refractivity contribution in [3.8, 4) is 22.6 Å². The van der Waals surface area contributed by atoms with Crippen LogP contribution in [0, 0.1) is 13.8 Å². The number of benzene rings is 3. The standard InChI is InChI=1S/C36H32BrN3O4S/c1-6-44-35(42)32-22(3)38-36-40(33(32)26-14-17-30(43-5)29(37)19-26)34(41)31(45-36)20-27-18-21(2)39(23(27)4)28-15-12-25(13-16-28)24-10-8-7-9-11-24/h7-20,33H,6H2,1-5H3/b31-20+/t33-/m0/s1. The van der Waals surface area contributed by atoms with E-state index in [2.05, 4.69) is 76.8 Å². The Hall–Kier alpha value is -4.47. The Morgan fingerprint density at radius 2 is 1.71 bits per heavy atom. The fraction of sp³-hybridized carbons (Fsp3) is 0.194. The molecule has 0 fully saturated rings. The zero-order valence-electron chi connectivity index (χ0n) is 25.6. The lowest BCUT2D eigenvalue weighted by atomic mass is 9.96. The molecule has 45 heavy (non-hydrogen) atoms. The molecule has 1 atom stereocenters. The third-order valence-corrected chi connectivity index (χ3v) is 9.60. The molecule has 228 valence electrons. The van der Waals surface area contributed by atoms with Gasteiger partial charge in [-0.05, 0) is 102 Å². The van der Waals surface area contributed by atoms with Gasteiger partial charge in [0.2, 0.25) is 0 Å². The molecule has 1 aliphatic rings. The molecular weight excluding hydrogens is 650 g/mol. The molecule has 0 saturated heterocycles. The zero-order valence-corrected chi connectivity index (χ0v) is 28.0. The number of thiazole rings is 1. The summed E-state index contributed by atoms with van der Waals surface area (Å²) in [6.45, 7) is 7.88. The summed E-state index contributed by atoms with van der Waals surface area (Å²) < 4.78 is 15.9. The number of rotatable bonds is 7. The van der Waals surface area contributed by atoms with Crippen LogP contribution in [-0.2, 0) is 9.53 Å². The summed E-state index contributed by atoms with van der Waals surface area (Å²) in [6, 6.07) is 25.7. The Morgan fingerprint density at radius 3 is 2.38 bits per heavy atom. The van der Waals surface area contributed by atoms with Crippen LogP contribution < -0.4 is 19.6 Å². The van der Waals surface area contributed by atoms with Crippen LogP contribution in [0.4, 0.5) is 0 Å². The maximum atomic E-state index is 14.2. The van der Waals surface area contributed by atoms with E-state index in [1.807, 2.05) is 42.5 Å². The quantitative estimate of drug-likeness (QED) is 0.181. The molecule has 2 aromatic heterocycles. The lowest BCUT2D eigenvalue weighted by molar-refractivity contribution is -0.139. The maximum absolute atomic E-state index is 14.2. The SMILES string of the molecule is CCOC(=O)C1=C(C)N=c2s/c(=C/c3cc(C)n(-c4ccc(-c5ccccc5)cc4)c3C)c(=O)n2[C@H]1c1ccc(OC)c(Br)c1. The number of aryl methyl sites for hydroxylation is 1. The van der Waals surface area contributed by atoms with Gasteiger partial charge in [-0.15, -0.1) is 0 Å². The monoisotopic (exact) mass is 681 g/mol. The fourth-order valence-corrected chi connectivity index (χ4v) is 7.46. The zero-order chi connectivity index (χ0) is 31.8. The summed E-state index contributed by atoms with van der Waals surface area (Å²) in [6.07, 6.45) is 1.92. The fourth-order valence-electron chi connectivity index (χ4n) is 5.87. The van der Waals surface area contributed by atoms with Crippen molar-refractivity contribution in [1.29, 1.82) is 0 Å². The molecule has 3 heterocycles. The van der Waals surface area contributed by atoms with Crippen molar-refractivity contribution < 1.29 is 14.3 Å². The Balaban J connectivity index is 1.45. The lowest BCUT2D eigenvalue weighted by Gasteiger charge is -2.25. The summed E-state index contributed by atoms with van der Waals surface area (Å²) in [5.74, 6) is 0.154. The Kier molecular flexibility index (Phi) is 8.48. The molecule has 0 unspecified atom stereocenters. The van der Waals surface area contributed by atoms with Gasteiger partial charge in [0.1, 0.15) is 5.75 Å². The van der Waals surface area contributed by atoms with Crippen LogP contribution in [0.5, 0.6) is 5.75 Å². The molecule has 5 aromatic rings. The van der Waals surface area contributed by atoms with Crippen LogP contribution in [0.15, 0.2) is 104 Å². The molecule has 3 aromatic carbocycles. The number of halogens is 1. The lowest BCUT2D eigenvalue weighted by Crippen LogP contribution is -2.40. The minimum atomic E-state index is -0.708. The molecule has 6 rings (SSSR count). The number of esters is 1. The van der Waals surface area contributed by atoms with Crippen molar-refractivity contribution in [1.82, 2.24) is 9.13 Å². The van der Waals surface area contributed by atoms with Gasteiger partial charge in [-0.1, -0.05) is 59.9 Å². The molecule has 0 saturated carbocycles. The van der Waals surface area contributed by atoms with Crippen LogP contribution in [0.2, 0.25) is 0 Å². The number of carbonyl (C=O) groups excluding carboxylic acids is 1. The van der Waals surface area contributed by atoms with E-state index < -0.39 is 12.0 Å². The molecule has 1 aliphatic heterocycles. The first-order valence-electron chi connectivity index (χ1n) is 14.6. The number of nitrogens with zero attached hydrogens (tertiary/aromatic N) is 3. The van der Waals surface area contributed by atoms with Crippen LogP contribution >= 0.6 is 27.3 Å². The predicted octanol–water partition coefficient (Wildman–Crippen LogP) is 6.64. The topological polar surface area (TPSA) is 74.8 Å². The number of aromatic nitrogens is 2. The van der Waals surface area contributed by atoms with E-state index in [0.717, 1.165) is 33.8 Å². The molecule has 0 amide bonds. The number of hydrogen-bond acceptors (Lipinski definition) is 6. The van der Waals surface area contributed by atoms with Crippen LogP contribution in [-0.4, -0.2) is 28.8 Å². The number of fused-ring (bicyclic) bond motifs is 1. The van der Waals surface area contributed by atoms with Crippen molar-refractivity contribution in [2.45, 2.75) is 33.7 Å². The highest BCUT2D eigenvalue weighted by atomic mass is 79.9. The minimum Gasteiger partial charge on any atom is -0.496 e. The second-order valence-corrected chi connectivity index (χ2v) is 12.6. The van der Waals surface area contributed by atoms with Gasteiger partial charge in [0.25, 0.3) is 5.56 Å². The van der Waals surface area contributed by atoms with Gasteiger partial charge in [-0.2, -0.15) is 0 Å². The summed E-state index contributed by atoms with van der Waals surface area (Å²) in [7, 11) is 1.59. The number of ether oxygens (including phenoxy) is 2. The van der Waals surface area contributed by atoms with E-state index in [-0.39, 0.29) is 12.2 Å². The highest BCUT2D eigenvalue weighted by Gasteiger charge is 2.33. The molecule has 0 N–H and O–H groups in total. The summed E-state index contributed by atoms with van der Waals surface area (Å²) >= 11 is 4.88. The first kappa shape index (κ1) is 30.6. The summed E-state index contributed by atoms with van der Waals surface area (Å²) in [4.78, 5) is 32.6. The van der Waals surface area contributed by atoms with Gasteiger partial charge in [0, 0.05) is 17.1 Å². The number of allylic oxidation sites excluding steroid dienone is 1. The van der Waals surface area contributed by atoms with Crippen molar-refractivity contribution in [2.24, 2.45) is 4.99 Å². The second-order valence-electron chi connectivity index (χ2n) is 10.8. The van der Waals surface area contributed by atoms with Crippen molar-refractivity contribution >= 4 is 39.3 Å². The van der Waals surface area contributed by atoms with Gasteiger partial charge in [0.15, 0.2) is 4.80 Å². The Morgan fingerprint density at radius 1 is 1.00 bits per heavy atom. The van der Waals surface area contributed by atoms with Gasteiger partial charge < -0.3 is 14.0 Å². The van der Waals surface area contributed by atoms with Crippen LogP contribution in [0.25, 0.3) is 22.9 Å². The molecule has 7 nitrogen and oxygen atoms in total. The Bertz CT molecular complexity index is 2140. The third-order valence-electron chi connectivity index (χ3n) is 8.00. The number of hydrogen-bond donors (Lipinski definition) is 0. The average Bonchev–Trinajstić information content (AvgIpc) is 3.50. The maximum Gasteiger partial charge on any atom is 0.338 e. The van der Waals surface area contributed by atoms with Gasteiger partial charge in [-0.25, -0.2) is 9.79 Å². The highest BCUT2D eigenvalue weighted by Crippen LogP contribution is 2.35. The molecule has 9 heteroatoms.